The Balaban J connectivity index is 2.86. The van der Waals surface area contributed by atoms with Crippen LogP contribution in [0.4, 0.5) is 27.6 Å². The first-order chi connectivity index (χ1) is 8.62. The maximum absolute atomic E-state index is 13.2. The second-order valence-electron chi connectivity index (χ2n) is 3.56. The zero-order valence-corrected chi connectivity index (χ0v) is 10.6. The zero-order chi connectivity index (χ0) is 14.8. The molecule has 1 unspecified atom stereocenters. The molecular weight excluding hydrogens is 341 g/mol. The van der Waals surface area contributed by atoms with E-state index in [1.54, 1.807) is 0 Å². The molecule has 0 aromatic heterocycles. The molecule has 0 aliphatic carbocycles. The van der Waals surface area contributed by atoms with Crippen LogP contribution in [-0.4, -0.2) is 23.8 Å². The largest absolute Gasteiger partial charge is 0.481 e. The topological polar surface area (TPSA) is 49.3 Å². The molecule has 0 saturated heterocycles. The monoisotopic (exact) mass is 347 g/mol. The van der Waals surface area contributed by atoms with Gasteiger partial charge in [-0.1, -0.05) is 0 Å². The highest BCUT2D eigenvalue weighted by Crippen LogP contribution is 2.28. The van der Waals surface area contributed by atoms with Crippen molar-refractivity contribution in [1.29, 1.82) is 0 Å². The third kappa shape index (κ3) is 4.05. The van der Waals surface area contributed by atoms with E-state index in [0.717, 1.165) is 6.07 Å². The van der Waals surface area contributed by atoms with Crippen LogP contribution in [0.3, 0.4) is 0 Å². The van der Waals surface area contributed by atoms with Crippen LogP contribution in [0.1, 0.15) is 0 Å². The molecule has 2 N–H and O–H groups in total. The summed E-state index contributed by atoms with van der Waals surface area (Å²) in [6.07, 6.45) is -4.97. The van der Waals surface area contributed by atoms with Gasteiger partial charge in [0.05, 0.1) is 10.2 Å². The van der Waals surface area contributed by atoms with E-state index in [0.29, 0.717) is 6.07 Å². The van der Waals surface area contributed by atoms with Crippen LogP contribution in [0.5, 0.6) is 0 Å². The van der Waals surface area contributed by atoms with Gasteiger partial charge >= 0.3 is 12.1 Å². The highest BCUT2D eigenvalue weighted by Gasteiger charge is 2.44. The molecule has 3 nitrogen and oxygen atoms in total. The summed E-state index contributed by atoms with van der Waals surface area (Å²) in [5, 5.41) is 10.4. The van der Waals surface area contributed by atoms with E-state index in [-0.39, 0.29) is 4.47 Å². The highest BCUT2D eigenvalue weighted by atomic mass is 79.9. The van der Waals surface area contributed by atoms with Crippen LogP contribution in [0.2, 0.25) is 0 Å². The quantitative estimate of drug-likeness (QED) is 0.648. The van der Waals surface area contributed by atoms with E-state index in [4.69, 9.17) is 5.11 Å². The zero-order valence-electron chi connectivity index (χ0n) is 9.06. The molecule has 0 radical (unpaired) electrons. The third-order valence-electron chi connectivity index (χ3n) is 2.20. The molecule has 9 heteroatoms. The summed E-state index contributed by atoms with van der Waals surface area (Å²) in [5.41, 5.74) is -0.427. The molecule has 0 spiro atoms. The van der Waals surface area contributed by atoms with Crippen molar-refractivity contribution in [3.8, 4) is 0 Å². The SMILES string of the molecule is O=C(O)C(CNc1cc(Br)c(F)cc1F)C(F)(F)F. The standard InChI is InChI=1S/C10H7BrF5NO2/c11-5-1-8(7(13)2-6(5)12)17-3-4(9(18)19)10(14,15)16/h1-2,4,17H,3H2,(H,18,19). The van der Waals surface area contributed by atoms with Gasteiger partial charge in [-0.3, -0.25) is 4.79 Å². The number of carboxylic acids is 1. The number of nitrogens with one attached hydrogen (secondary N) is 1. The number of aliphatic carboxylic acids is 1. The molecule has 1 aromatic carbocycles. The molecule has 19 heavy (non-hydrogen) atoms. The fourth-order valence-electron chi connectivity index (χ4n) is 1.21. The van der Waals surface area contributed by atoms with Crippen LogP contribution >= 0.6 is 15.9 Å². The van der Waals surface area contributed by atoms with Gasteiger partial charge in [-0.2, -0.15) is 13.2 Å². The molecule has 0 aliphatic rings. The second-order valence-corrected chi connectivity index (χ2v) is 4.41. The minimum atomic E-state index is -4.97. The number of hydrogen-bond donors (Lipinski definition) is 2. The van der Waals surface area contributed by atoms with Gasteiger partial charge in [-0.15, -0.1) is 0 Å². The summed E-state index contributed by atoms with van der Waals surface area (Å²) >= 11 is 2.74. The van der Waals surface area contributed by atoms with Crippen molar-refractivity contribution in [3.63, 3.8) is 0 Å². The lowest BCUT2D eigenvalue weighted by atomic mass is 10.1. The van der Waals surface area contributed by atoms with Gasteiger partial charge in [0, 0.05) is 12.6 Å². The minimum absolute atomic E-state index is 0.157. The summed E-state index contributed by atoms with van der Waals surface area (Å²) < 4.78 is 63.0. The molecule has 0 saturated carbocycles. The first kappa shape index (κ1) is 15.7. The average Bonchev–Trinajstić information content (AvgIpc) is 2.23. The predicted molar refractivity (Wildman–Crippen MR) is 59.7 cm³/mol. The van der Waals surface area contributed by atoms with E-state index in [1.165, 1.54) is 0 Å². The number of carboxylic acid groups (broad SMARTS) is 1. The summed E-state index contributed by atoms with van der Waals surface area (Å²) in [7, 11) is 0. The van der Waals surface area contributed by atoms with E-state index >= 15 is 0 Å². The molecular formula is C10H7BrF5NO2. The molecule has 0 bridgehead atoms. The Bertz CT molecular complexity index is 492. The Labute approximate surface area is 112 Å². The summed E-state index contributed by atoms with van der Waals surface area (Å²) in [4.78, 5) is 10.5. The van der Waals surface area contributed by atoms with E-state index < -0.39 is 41.9 Å². The summed E-state index contributed by atoms with van der Waals surface area (Å²) in [6, 6.07) is 1.36. The number of hydrogen-bond acceptors (Lipinski definition) is 2. The van der Waals surface area contributed by atoms with Gasteiger partial charge in [0.15, 0.2) is 5.92 Å². The predicted octanol–water partition coefficient (Wildman–Crippen LogP) is 3.40. The van der Waals surface area contributed by atoms with E-state index in [2.05, 4.69) is 15.9 Å². The smallest absolute Gasteiger partial charge is 0.403 e. The van der Waals surface area contributed by atoms with Gasteiger partial charge in [0.1, 0.15) is 11.6 Å². The number of rotatable bonds is 4. The minimum Gasteiger partial charge on any atom is -0.481 e. The number of halogens is 6. The molecule has 1 atom stereocenters. The molecule has 0 aliphatic heterocycles. The maximum atomic E-state index is 13.2. The van der Waals surface area contributed by atoms with Crippen molar-refractivity contribution in [2.24, 2.45) is 5.92 Å². The molecule has 106 valence electrons. The Kier molecular flexibility index (Phi) is 4.72. The van der Waals surface area contributed by atoms with Crippen molar-refractivity contribution in [2.45, 2.75) is 6.18 Å². The van der Waals surface area contributed by atoms with Crippen molar-refractivity contribution in [1.82, 2.24) is 0 Å². The lowest BCUT2D eigenvalue weighted by Gasteiger charge is -2.17. The maximum Gasteiger partial charge on any atom is 0.403 e. The molecule has 0 amide bonds. The van der Waals surface area contributed by atoms with Crippen molar-refractivity contribution < 1.29 is 31.9 Å². The lowest BCUT2D eigenvalue weighted by Crippen LogP contribution is -2.36. The average molecular weight is 348 g/mol. The lowest BCUT2D eigenvalue weighted by molar-refractivity contribution is -0.190. The van der Waals surface area contributed by atoms with Crippen molar-refractivity contribution >= 4 is 27.6 Å². The van der Waals surface area contributed by atoms with Crippen LogP contribution in [0.15, 0.2) is 16.6 Å². The first-order valence-electron chi connectivity index (χ1n) is 4.81. The molecule has 1 aromatic rings. The van der Waals surface area contributed by atoms with Crippen LogP contribution in [0.25, 0.3) is 0 Å². The van der Waals surface area contributed by atoms with Crippen molar-refractivity contribution in [2.75, 3.05) is 11.9 Å². The normalized spacial score (nSPS) is 13.2. The Hall–Kier alpha value is -1.38. The Morgan fingerprint density at radius 3 is 2.37 bits per heavy atom. The fourth-order valence-corrected chi connectivity index (χ4v) is 1.56. The van der Waals surface area contributed by atoms with Crippen LogP contribution in [-0.2, 0) is 4.79 Å². The van der Waals surface area contributed by atoms with Gasteiger partial charge in [-0.05, 0) is 22.0 Å². The summed E-state index contributed by atoms with van der Waals surface area (Å²) in [6.45, 7) is -1.06. The highest BCUT2D eigenvalue weighted by molar-refractivity contribution is 9.10. The van der Waals surface area contributed by atoms with Crippen molar-refractivity contribution in [3.05, 3.63) is 28.2 Å². The first-order valence-corrected chi connectivity index (χ1v) is 5.60. The Morgan fingerprint density at radius 1 is 1.32 bits per heavy atom. The Morgan fingerprint density at radius 2 is 1.89 bits per heavy atom. The van der Waals surface area contributed by atoms with Gasteiger partial charge in [0.25, 0.3) is 0 Å². The van der Waals surface area contributed by atoms with Gasteiger partial charge in [0.2, 0.25) is 0 Å². The van der Waals surface area contributed by atoms with Crippen LogP contribution < -0.4 is 5.32 Å². The fraction of sp³-hybridized carbons (Fsp3) is 0.300. The molecule has 1 rings (SSSR count). The van der Waals surface area contributed by atoms with Gasteiger partial charge < -0.3 is 10.4 Å². The number of alkyl halides is 3. The third-order valence-corrected chi connectivity index (χ3v) is 2.81. The van der Waals surface area contributed by atoms with Gasteiger partial charge in [-0.25, -0.2) is 8.78 Å². The van der Waals surface area contributed by atoms with E-state index in [9.17, 15) is 26.7 Å². The number of anilines is 1. The summed E-state index contributed by atoms with van der Waals surface area (Å²) in [5.74, 6) is -6.81. The second kappa shape index (κ2) is 5.72. The molecule has 0 fully saturated rings. The number of carbonyl (C=O) groups is 1. The molecule has 0 heterocycles. The number of benzene rings is 1. The van der Waals surface area contributed by atoms with Crippen LogP contribution in [0, 0.1) is 17.6 Å². The van der Waals surface area contributed by atoms with E-state index in [1.807, 2.05) is 5.32 Å².